The molecule has 136 valence electrons. The molecule has 1 aromatic heterocycles. The molecule has 1 N–H and O–H groups in total. The second-order valence-corrected chi connectivity index (χ2v) is 7.24. The van der Waals surface area contributed by atoms with Gasteiger partial charge in [0.2, 0.25) is 0 Å². The number of allylic oxidation sites excluding steroid dienone is 1. The molecule has 28 heavy (non-hydrogen) atoms. The first-order valence-corrected chi connectivity index (χ1v) is 9.60. The number of hydrogen-bond acceptors (Lipinski definition) is 4. The van der Waals surface area contributed by atoms with Crippen molar-refractivity contribution in [2.45, 2.75) is 6.92 Å². The molecule has 3 nitrogen and oxygen atoms in total. The largest absolute Gasteiger partial charge is 0.360 e. The smallest absolute Gasteiger partial charge is 0.136 e. The van der Waals surface area contributed by atoms with E-state index in [-0.39, 0.29) is 5.82 Å². The highest BCUT2D eigenvalue weighted by atomic mass is 32.1. The van der Waals surface area contributed by atoms with E-state index in [2.05, 4.69) is 40.6 Å². The van der Waals surface area contributed by atoms with Crippen LogP contribution in [0.15, 0.2) is 72.2 Å². The van der Waals surface area contributed by atoms with Crippen LogP contribution in [0.4, 0.5) is 10.1 Å². The van der Waals surface area contributed by atoms with Crippen molar-refractivity contribution < 1.29 is 4.39 Å². The van der Waals surface area contributed by atoms with Crippen LogP contribution in [0.5, 0.6) is 0 Å². The number of nitrogens with zero attached hydrogens (tertiary/aromatic N) is 2. The van der Waals surface area contributed by atoms with Crippen LogP contribution in [0.2, 0.25) is 0 Å². The van der Waals surface area contributed by atoms with Gasteiger partial charge in [-0.2, -0.15) is 5.26 Å². The maximum absolute atomic E-state index is 13.7. The molecule has 0 aliphatic rings. The summed E-state index contributed by atoms with van der Waals surface area (Å²) in [5.41, 5.74) is 3.40. The molecule has 0 atom stereocenters. The van der Waals surface area contributed by atoms with Crippen LogP contribution in [0.1, 0.15) is 10.6 Å². The lowest BCUT2D eigenvalue weighted by Gasteiger charge is -2.03. The van der Waals surface area contributed by atoms with E-state index in [1.54, 1.807) is 25.3 Å². The second kappa shape index (κ2) is 7.63. The topological polar surface area (TPSA) is 48.7 Å². The summed E-state index contributed by atoms with van der Waals surface area (Å²) >= 11 is 1.41. The van der Waals surface area contributed by atoms with Gasteiger partial charge in [-0.05, 0) is 41.5 Å². The third kappa shape index (κ3) is 3.64. The fourth-order valence-corrected chi connectivity index (χ4v) is 3.65. The van der Waals surface area contributed by atoms with Gasteiger partial charge in [-0.1, -0.05) is 42.5 Å². The van der Waals surface area contributed by atoms with Gasteiger partial charge in [0.25, 0.3) is 0 Å². The van der Waals surface area contributed by atoms with Gasteiger partial charge in [0.05, 0.1) is 5.69 Å². The molecular formula is C23H16FN3S. The molecule has 0 saturated heterocycles. The molecular weight excluding hydrogens is 369 g/mol. The van der Waals surface area contributed by atoms with Crippen LogP contribution in [0, 0.1) is 24.1 Å². The Labute approximate surface area is 166 Å². The van der Waals surface area contributed by atoms with E-state index in [9.17, 15) is 9.65 Å². The number of thiazole rings is 1. The lowest BCUT2D eigenvalue weighted by atomic mass is 10.1. The monoisotopic (exact) mass is 385 g/mol. The lowest BCUT2D eigenvalue weighted by Crippen LogP contribution is -1.93. The molecule has 0 saturated carbocycles. The highest BCUT2D eigenvalue weighted by Crippen LogP contribution is 2.28. The molecule has 0 bridgehead atoms. The maximum atomic E-state index is 13.7. The van der Waals surface area contributed by atoms with E-state index < -0.39 is 0 Å². The van der Waals surface area contributed by atoms with Crippen molar-refractivity contribution in [2.75, 3.05) is 5.32 Å². The summed E-state index contributed by atoms with van der Waals surface area (Å²) in [5.74, 6) is -0.287. The molecule has 0 fully saturated rings. The minimum atomic E-state index is -0.287. The molecule has 0 unspecified atom stereocenters. The number of rotatable bonds is 4. The number of anilines is 1. The third-order valence-electron chi connectivity index (χ3n) is 4.46. The Hall–Kier alpha value is -3.49. The zero-order chi connectivity index (χ0) is 19.5. The number of benzene rings is 3. The number of hydrogen-bond donors (Lipinski definition) is 1. The van der Waals surface area contributed by atoms with Gasteiger partial charge in [0.15, 0.2) is 0 Å². The van der Waals surface area contributed by atoms with Crippen LogP contribution in [-0.4, -0.2) is 4.98 Å². The Morgan fingerprint density at radius 3 is 2.71 bits per heavy atom. The van der Waals surface area contributed by atoms with Gasteiger partial charge < -0.3 is 5.32 Å². The summed E-state index contributed by atoms with van der Waals surface area (Å²) < 4.78 is 13.7. The zero-order valence-corrected chi connectivity index (χ0v) is 15.9. The number of halogens is 1. The van der Waals surface area contributed by atoms with Crippen molar-refractivity contribution in [3.8, 4) is 17.3 Å². The van der Waals surface area contributed by atoms with Crippen molar-refractivity contribution in [3.05, 3.63) is 88.6 Å². The van der Waals surface area contributed by atoms with Crippen molar-refractivity contribution in [1.82, 2.24) is 4.98 Å². The fourth-order valence-electron chi connectivity index (χ4n) is 2.86. The van der Waals surface area contributed by atoms with Gasteiger partial charge in [-0.3, -0.25) is 0 Å². The number of nitriles is 1. The minimum absolute atomic E-state index is 0.287. The van der Waals surface area contributed by atoms with E-state index >= 15 is 0 Å². The lowest BCUT2D eigenvalue weighted by molar-refractivity contribution is 0.619. The Kier molecular flexibility index (Phi) is 4.88. The summed E-state index contributed by atoms with van der Waals surface area (Å²) in [6.45, 7) is 1.71. The molecule has 4 rings (SSSR count). The van der Waals surface area contributed by atoms with E-state index in [4.69, 9.17) is 0 Å². The minimum Gasteiger partial charge on any atom is -0.360 e. The first-order chi connectivity index (χ1) is 13.6. The predicted molar refractivity (Wildman–Crippen MR) is 113 cm³/mol. The van der Waals surface area contributed by atoms with Crippen LogP contribution in [0.3, 0.4) is 0 Å². The van der Waals surface area contributed by atoms with Crippen molar-refractivity contribution in [2.24, 2.45) is 0 Å². The quantitative estimate of drug-likeness (QED) is 0.414. The first-order valence-electron chi connectivity index (χ1n) is 8.72. The fraction of sp³-hybridized carbons (Fsp3) is 0.0435. The Bertz CT molecular complexity index is 1230. The third-order valence-corrected chi connectivity index (χ3v) is 5.33. The molecule has 0 radical (unpaired) electrons. The number of nitrogens with one attached hydrogen (secondary N) is 1. The molecule has 0 aliphatic heterocycles. The number of aromatic nitrogens is 1. The molecule has 4 aromatic rings. The summed E-state index contributed by atoms with van der Waals surface area (Å²) in [5, 5.41) is 17.4. The van der Waals surface area contributed by atoms with Crippen LogP contribution < -0.4 is 5.32 Å². The average Bonchev–Trinajstić information content (AvgIpc) is 3.21. The number of fused-ring (bicyclic) bond motifs is 1. The van der Waals surface area contributed by atoms with Gasteiger partial charge in [0.1, 0.15) is 22.5 Å². The van der Waals surface area contributed by atoms with Crippen molar-refractivity contribution >= 4 is 33.4 Å². The Morgan fingerprint density at radius 2 is 1.93 bits per heavy atom. The Balaban J connectivity index is 1.60. The molecule has 0 spiro atoms. The summed E-state index contributed by atoms with van der Waals surface area (Å²) in [6.07, 6.45) is 1.56. The second-order valence-electron chi connectivity index (χ2n) is 6.38. The average molecular weight is 385 g/mol. The molecule has 3 aromatic carbocycles. The Morgan fingerprint density at radius 1 is 1.11 bits per heavy atom. The first kappa shape index (κ1) is 17.9. The van der Waals surface area contributed by atoms with Gasteiger partial charge in [0, 0.05) is 22.8 Å². The summed E-state index contributed by atoms with van der Waals surface area (Å²) in [7, 11) is 0. The van der Waals surface area contributed by atoms with E-state index in [1.165, 1.54) is 22.8 Å². The van der Waals surface area contributed by atoms with Crippen molar-refractivity contribution in [1.29, 1.82) is 5.26 Å². The molecule has 0 amide bonds. The van der Waals surface area contributed by atoms with E-state index in [1.807, 2.05) is 23.6 Å². The van der Waals surface area contributed by atoms with Crippen molar-refractivity contribution in [3.63, 3.8) is 0 Å². The van der Waals surface area contributed by atoms with Gasteiger partial charge in [-0.25, -0.2) is 9.37 Å². The van der Waals surface area contributed by atoms with E-state index in [0.717, 1.165) is 16.6 Å². The van der Waals surface area contributed by atoms with Gasteiger partial charge in [-0.15, -0.1) is 11.3 Å². The number of aryl methyl sites for hydroxylation is 1. The van der Waals surface area contributed by atoms with Crippen LogP contribution >= 0.6 is 11.3 Å². The summed E-state index contributed by atoms with van der Waals surface area (Å²) in [4.78, 5) is 4.62. The SMILES string of the molecule is Cc1ccc(NC=C(C#N)c2nc(-c3ccc4ccccc4c3)cs2)cc1F. The summed E-state index contributed by atoms with van der Waals surface area (Å²) in [6, 6.07) is 21.4. The van der Waals surface area contributed by atoms with Crippen LogP contribution in [-0.2, 0) is 0 Å². The molecule has 1 heterocycles. The van der Waals surface area contributed by atoms with Crippen LogP contribution in [0.25, 0.3) is 27.6 Å². The standard InChI is InChI=1S/C23H16FN3S/c1-15-6-9-20(11-21(15)24)26-13-19(12-25)23-27-22(14-28-23)18-8-7-16-4-2-3-5-17(16)10-18/h2-11,13-14,26H,1H3. The maximum Gasteiger partial charge on any atom is 0.136 e. The molecule has 5 heteroatoms. The zero-order valence-electron chi connectivity index (χ0n) is 15.1. The van der Waals surface area contributed by atoms with E-state index in [0.29, 0.717) is 21.8 Å². The highest BCUT2D eigenvalue weighted by Gasteiger charge is 2.10. The highest BCUT2D eigenvalue weighted by molar-refractivity contribution is 7.11. The normalized spacial score (nSPS) is 11.4. The predicted octanol–water partition coefficient (Wildman–Crippen LogP) is 6.39. The van der Waals surface area contributed by atoms with Gasteiger partial charge >= 0.3 is 0 Å². The molecule has 0 aliphatic carbocycles.